The minimum absolute atomic E-state index is 0.0568. The lowest BCUT2D eigenvalue weighted by Gasteiger charge is -2.41. The van der Waals surface area contributed by atoms with E-state index < -0.39 is 5.41 Å². The van der Waals surface area contributed by atoms with Gasteiger partial charge in [-0.1, -0.05) is 36.4 Å². The molecule has 6 nitrogen and oxygen atoms in total. The lowest BCUT2D eigenvalue weighted by Crippen LogP contribution is -2.55. The third-order valence-corrected chi connectivity index (χ3v) is 5.88. The maximum absolute atomic E-state index is 13.3. The summed E-state index contributed by atoms with van der Waals surface area (Å²) in [6.45, 7) is 2.51. The van der Waals surface area contributed by atoms with E-state index in [0.29, 0.717) is 25.2 Å². The van der Waals surface area contributed by atoms with E-state index in [0.717, 1.165) is 22.6 Å². The van der Waals surface area contributed by atoms with Gasteiger partial charge in [-0.3, -0.25) is 9.80 Å². The van der Waals surface area contributed by atoms with Crippen LogP contribution in [0.4, 0.5) is 5.69 Å². The van der Waals surface area contributed by atoms with Gasteiger partial charge in [0.1, 0.15) is 29.8 Å². The van der Waals surface area contributed by atoms with Crippen LogP contribution in [0.5, 0.6) is 5.75 Å². The third-order valence-electron chi connectivity index (χ3n) is 5.88. The van der Waals surface area contributed by atoms with Crippen LogP contribution in [0.3, 0.4) is 0 Å². The molecule has 0 saturated carbocycles. The van der Waals surface area contributed by atoms with Gasteiger partial charge in [-0.15, -0.1) is 0 Å². The van der Waals surface area contributed by atoms with E-state index >= 15 is 0 Å². The summed E-state index contributed by atoms with van der Waals surface area (Å²) in [5.74, 6) is 0.661. The van der Waals surface area contributed by atoms with E-state index in [1.165, 1.54) is 0 Å². The van der Waals surface area contributed by atoms with Gasteiger partial charge in [0.15, 0.2) is 0 Å². The first-order valence-electron chi connectivity index (χ1n) is 9.99. The maximum atomic E-state index is 13.3. The van der Waals surface area contributed by atoms with Crippen LogP contribution in [0.15, 0.2) is 53.6 Å². The summed E-state index contributed by atoms with van der Waals surface area (Å²) in [5, 5.41) is 16.5. The number of anilines is 1. The molecule has 2 aromatic carbocycles. The first kappa shape index (κ1) is 19.5. The molecule has 0 aliphatic carbocycles. The standard InChI is InChI=1S/C23H27N3O3/c1-16-10-11-19-18(14-16)26-20(15-29-19)23(12-7-13-27,17-8-5-4-6-9-17)21(24-26)22(28)25(2)3/h4-6,8-11,14,20,27H,7,12-13,15H2,1-3H3/t20-,23+/m0/s1. The molecule has 0 bridgehead atoms. The van der Waals surface area contributed by atoms with E-state index in [9.17, 15) is 9.90 Å². The number of aliphatic hydroxyl groups is 1. The number of nitrogens with zero attached hydrogens (tertiary/aromatic N) is 3. The molecule has 152 valence electrons. The number of hydrogen-bond acceptors (Lipinski definition) is 5. The van der Waals surface area contributed by atoms with Crippen LogP contribution in [0.1, 0.15) is 24.0 Å². The van der Waals surface area contributed by atoms with Gasteiger partial charge in [0, 0.05) is 20.7 Å². The number of carbonyl (C=O) groups is 1. The molecule has 0 unspecified atom stereocenters. The highest BCUT2D eigenvalue weighted by atomic mass is 16.5. The molecular formula is C23H27N3O3. The molecule has 2 aliphatic heterocycles. The second-order valence-corrected chi connectivity index (χ2v) is 7.96. The van der Waals surface area contributed by atoms with Gasteiger partial charge in [0.05, 0.1) is 5.41 Å². The smallest absolute Gasteiger partial charge is 0.270 e. The zero-order valence-electron chi connectivity index (χ0n) is 17.1. The normalized spacial score (nSPS) is 22.4. The van der Waals surface area contributed by atoms with Crippen molar-refractivity contribution in [3.05, 3.63) is 59.7 Å². The number of hydrogen-bond donors (Lipinski definition) is 1. The Balaban J connectivity index is 1.93. The Morgan fingerprint density at radius 2 is 2.03 bits per heavy atom. The van der Waals surface area contributed by atoms with Gasteiger partial charge in [-0.2, -0.15) is 5.10 Å². The minimum atomic E-state index is -0.660. The molecule has 6 heteroatoms. The van der Waals surface area contributed by atoms with Gasteiger partial charge in [-0.05, 0) is 43.0 Å². The van der Waals surface area contributed by atoms with Gasteiger partial charge in [0.25, 0.3) is 5.91 Å². The Kier molecular flexibility index (Phi) is 5.04. The molecule has 2 aromatic rings. The van der Waals surface area contributed by atoms with Crippen molar-refractivity contribution in [3.63, 3.8) is 0 Å². The van der Waals surface area contributed by atoms with Crippen molar-refractivity contribution in [2.45, 2.75) is 31.2 Å². The van der Waals surface area contributed by atoms with Crippen LogP contribution in [-0.2, 0) is 10.2 Å². The first-order chi connectivity index (χ1) is 14.0. The average Bonchev–Trinajstić information content (AvgIpc) is 3.07. The molecule has 0 radical (unpaired) electrons. The largest absolute Gasteiger partial charge is 0.489 e. The molecule has 2 heterocycles. The quantitative estimate of drug-likeness (QED) is 0.848. The lowest BCUT2D eigenvalue weighted by molar-refractivity contribution is -0.122. The summed E-state index contributed by atoms with van der Waals surface area (Å²) >= 11 is 0. The lowest BCUT2D eigenvalue weighted by atomic mass is 9.67. The fourth-order valence-electron chi connectivity index (χ4n) is 4.46. The highest BCUT2D eigenvalue weighted by Gasteiger charge is 2.56. The molecule has 2 atom stereocenters. The van der Waals surface area contributed by atoms with Crippen molar-refractivity contribution in [2.75, 3.05) is 32.3 Å². The highest BCUT2D eigenvalue weighted by molar-refractivity contribution is 6.43. The van der Waals surface area contributed by atoms with Gasteiger partial charge < -0.3 is 14.7 Å². The summed E-state index contributed by atoms with van der Waals surface area (Å²) < 4.78 is 6.14. The zero-order valence-corrected chi connectivity index (χ0v) is 17.1. The molecule has 0 aromatic heterocycles. The fraction of sp³-hybridized carbons (Fsp3) is 0.391. The van der Waals surface area contributed by atoms with Crippen LogP contribution in [0.2, 0.25) is 0 Å². The van der Waals surface area contributed by atoms with E-state index in [-0.39, 0.29) is 18.6 Å². The second kappa shape index (κ2) is 7.52. The van der Waals surface area contributed by atoms with Gasteiger partial charge in [-0.25, -0.2) is 0 Å². The molecule has 29 heavy (non-hydrogen) atoms. The van der Waals surface area contributed by atoms with Crippen molar-refractivity contribution in [1.82, 2.24) is 4.90 Å². The molecule has 2 aliphatic rings. The van der Waals surface area contributed by atoms with Crippen LogP contribution < -0.4 is 9.75 Å². The Morgan fingerprint density at radius 3 is 2.72 bits per heavy atom. The summed E-state index contributed by atoms with van der Waals surface area (Å²) in [6.07, 6.45) is 1.18. The summed E-state index contributed by atoms with van der Waals surface area (Å²) in [6, 6.07) is 15.9. The monoisotopic (exact) mass is 393 g/mol. The van der Waals surface area contributed by atoms with Gasteiger partial charge >= 0.3 is 0 Å². The van der Waals surface area contributed by atoms with Crippen molar-refractivity contribution >= 4 is 17.3 Å². The summed E-state index contributed by atoms with van der Waals surface area (Å²) in [7, 11) is 3.50. The molecular weight excluding hydrogens is 366 g/mol. The number of hydrazone groups is 1. The molecule has 1 N–H and O–H groups in total. The van der Waals surface area contributed by atoms with E-state index in [1.54, 1.807) is 19.0 Å². The molecule has 0 spiro atoms. The molecule has 0 fully saturated rings. The van der Waals surface area contributed by atoms with Crippen molar-refractivity contribution in [1.29, 1.82) is 0 Å². The van der Waals surface area contributed by atoms with Crippen LogP contribution in [0.25, 0.3) is 0 Å². The second-order valence-electron chi connectivity index (χ2n) is 7.96. The minimum Gasteiger partial charge on any atom is -0.489 e. The van der Waals surface area contributed by atoms with Crippen LogP contribution in [0, 0.1) is 6.92 Å². The number of aryl methyl sites for hydroxylation is 1. The Bertz CT molecular complexity index is 942. The highest BCUT2D eigenvalue weighted by Crippen LogP contribution is 2.48. The number of fused-ring (bicyclic) bond motifs is 3. The topological polar surface area (TPSA) is 65.4 Å². The zero-order chi connectivity index (χ0) is 20.6. The number of ether oxygens (including phenoxy) is 1. The maximum Gasteiger partial charge on any atom is 0.270 e. The van der Waals surface area contributed by atoms with Crippen molar-refractivity contribution in [3.8, 4) is 5.75 Å². The number of rotatable bonds is 5. The fourth-order valence-corrected chi connectivity index (χ4v) is 4.46. The molecule has 1 amide bonds. The number of carbonyl (C=O) groups excluding carboxylic acids is 1. The average molecular weight is 393 g/mol. The Morgan fingerprint density at radius 1 is 1.28 bits per heavy atom. The predicted octanol–water partition coefficient (Wildman–Crippen LogP) is 2.73. The van der Waals surface area contributed by atoms with Crippen LogP contribution in [-0.4, -0.2) is 55.0 Å². The number of benzene rings is 2. The first-order valence-corrected chi connectivity index (χ1v) is 9.99. The molecule has 4 rings (SSSR count). The van der Waals surface area contributed by atoms with E-state index in [4.69, 9.17) is 9.84 Å². The summed E-state index contributed by atoms with van der Waals surface area (Å²) in [5.41, 5.74) is 2.86. The summed E-state index contributed by atoms with van der Waals surface area (Å²) in [4.78, 5) is 14.9. The third kappa shape index (κ3) is 3.08. The van der Waals surface area contributed by atoms with Crippen molar-refractivity contribution < 1.29 is 14.6 Å². The van der Waals surface area contributed by atoms with Crippen molar-refractivity contribution in [2.24, 2.45) is 5.10 Å². The number of aliphatic hydroxyl groups excluding tert-OH is 1. The Labute approximate surface area is 171 Å². The Hall–Kier alpha value is -2.86. The van der Waals surface area contributed by atoms with Crippen LogP contribution >= 0.6 is 0 Å². The van der Waals surface area contributed by atoms with Gasteiger partial charge in [0.2, 0.25) is 0 Å². The SMILES string of the molecule is Cc1ccc2c(c1)N1N=C(C(=O)N(C)C)[C@](CCCO)(c3ccccc3)[C@@H]1CO2. The number of amides is 1. The van der Waals surface area contributed by atoms with E-state index in [1.807, 2.05) is 54.4 Å². The molecule has 0 saturated heterocycles. The van der Waals surface area contributed by atoms with E-state index in [2.05, 4.69) is 6.07 Å². The predicted molar refractivity (Wildman–Crippen MR) is 114 cm³/mol.